The van der Waals surface area contributed by atoms with Gasteiger partial charge in [-0.15, -0.1) is 0 Å². The number of nitrogens with one attached hydrogen (secondary N) is 1. The molecule has 0 aliphatic carbocycles. The quantitative estimate of drug-likeness (QED) is 0.810. The van der Waals surface area contributed by atoms with Gasteiger partial charge in [-0.25, -0.2) is 8.42 Å². The number of hydrogen-bond donors (Lipinski definition) is 2. The molecule has 0 aromatic heterocycles. The van der Waals surface area contributed by atoms with Crippen LogP contribution >= 0.6 is 0 Å². The standard InChI is InChI=1S/C12H15N3O3S/c1-8(2)11(12(14)16)15-19(17,18)10-5-3-4-9(6-10)7-13/h3-6,8,11,15H,1-2H3,(H2,14,16)/t11-/m0/s1. The lowest BCUT2D eigenvalue weighted by Crippen LogP contribution is -2.47. The van der Waals surface area contributed by atoms with Crippen molar-refractivity contribution in [3.8, 4) is 6.07 Å². The van der Waals surface area contributed by atoms with E-state index in [1.54, 1.807) is 13.8 Å². The molecule has 0 radical (unpaired) electrons. The average molecular weight is 281 g/mol. The molecule has 7 heteroatoms. The molecule has 3 N–H and O–H groups in total. The van der Waals surface area contributed by atoms with E-state index >= 15 is 0 Å². The number of carbonyl (C=O) groups excluding carboxylic acids is 1. The van der Waals surface area contributed by atoms with Gasteiger partial charge in [0.2, 0.25) is 15.9 Å². The Morgan fingerprint density at radius 3 is 2.53 bits per heavy atom. The van der Waals surface area contributed by atoms with Gasteiger partial charge in [0.15, 0.2) is 0 Å². The molecule has 0 bridgehead atoms. The highest BCUT2D eigenvalue weighted by Crippen LogP contribution is 2.13. The van der Waals surface area contributed by atoms with Crippen LogP contribution in [-0.4, -0.2) is 20.4 Å². The lowest BCUT2D eigenvalue weighted by Gasteiger charge is -2.18. The monoisotopic (exact) mass is 281 g/mol. The topological polar surface area (TPSA) is 113 Å². The number of hydrogen-bond acceptors (Lipinski definition) is 4. The summed E-state index contributed by atoms with van der Waals surface area (Å²) in [4.78, 5) is 11.1. The van der Waals surface area contributed by atoms with E-state index in [4.69, 9.17) is 11.0 Å². The van der Waals surface area contributed by atoms with E-state index in [9.17, 15) is 13.2 Å². The largest absolute Gasteiger partial charge is 0.368 e. The number of nitriles is 1. The Kier molecular flexibility index (Phi) is 4.64. The first kappa shape index (κ1) is 15.1. The fraction of sp³-hybridized carbons (Fsp3) is 0.333. The van der Waals surface area contributed by atoms with Gasteiger partial charge in [0.1, 0.15) is 6.04 Å². The minimum absolute atomic E-state index is 0.0709. The molecule has 0 unspecified atom stereocenters. The normalized spacial score (nSPS) is 12.9. The Labute approximate surface area is 112 Å². The average Bonchev–Trinajstić information content (AvgIpc) is 2.35. The van der Waals surface area contributed by atoms with Crippen molar-refractivity contribution < 1.29 is 13.2 Å². The number of rotatable bonds is 5. The molecule has 0 heterocycles. The molecule has 1 atom stereocenters. The summed E-state index contributed by atoms with van der Waals surface area (Å²) in [6.07, 6.45) is 0. The number of nitrogens with two attached hydrogens (primary N) is 1. The number of carbonyl (C=O) groups is 1. The molecular weight excluding hydrogens is 266 g/mol. The molecule has 0 fully saturated rings. The van der Waals surface area contributed by atoms with Gasteiger partial charge in [-0.3, -0.25) is 4.79 Å². The highest BCUT2D eigenvalue weighted by atomic mass is 32.2. The minimum atomic E-state index is -3.88. The van der Waals surface area contributed by atoms with E-state index in [2.05, 4.69) is 4.72 Å². The highest BCUT2D eigenvalue weighted by molar-refractivity contribution is 7.89. The minimum Gasteiger partial charge on any atom is -0.368 e. The molecule has 1 rings (SSSR count). The first-order chi connectivity index (χ1) is 8.77. The Morgan fingerprint density at radius 2 is 2.05 bits per heavy atom. The molecule has 6 nitrogen and oxygen atoms in total. The summed E-state index contributed by atoms with van der Waals surface area (Å²) in [6, 6.07) is 6.40. The van der Waals surface area contributed by atoms with Crippen molar-refractivity contribution in [2.24, 2.45) is 11.7 Å². The lowest BCUT2D eigenvalue weighted by molar-refractivity contribution is -0.120. The molecule has 0 aliphatic rings. The Balaban J connectivity index is 3.11. The maximum atomic E-state index is 12.1. The van der Waals surface area contributed by atoms with E-state index in [-0.39, 0.29) is 16.4 Å². The van der Waals surface area contributed by atoms with Crippen LogP contribution in [0.5, 0.6) is 0 Å². The summed E-state index contributed by atoms with van der Waals surface area (Å²) in [6.45, 7) is 3.37. The van der Waals surface area contributed by atoms with Crippen LogP contribution in [0.3, 0.4) is 0 Å². The van der Waals surface area contributed by atoms with Crippen LogP contribution in [0, 0.1) is 17.2 Å². The van der Waals surface area contributed by atoms with Crippen LogP contribution in [0.25, 0.3) is 0 Å². The summed E-state index contributed by atoms with van der Waals surface area (Å²) in [5.41, 5.74) is 5.39. The van der Waals surface area contributed by atoms with Crippen molar-refractivity contribution in [2.45, 2.75) is 24.8 Å². The zero-order valence-corrected chi connectivity index (χ0v) is 11.4. The summed E-state index contributed by atoms with van der Waals surface area (Å²) < 4.78 is 26.4. The number of sulfonamides is 1. The predicted octanol–water partition coefficient (Wildman–Crippen LogP) is 0.346. The molecule has 0 saturated carbocycles. The summed E-state index contributed by atoms with van der Waals surface area (Å²) in [7, 11) is -3.88. The van der Waals surface area contributed by atoms with Gasteiger partial charge in [-0.1, -0.05) is 19.9 Å². The van der Waals surface area contributed by atoms with E-state index in [1.165, 1.54) is 24.3 Å². The molecule has 1 aromatic rings. The van der Waals surface area contributed by atoms with Crippen LogP contribution in [-0.2, 0) is 14.8 Å². The third kappa shape index (κ3) is 3.77. The van der Waals surface area contributed by atoms with Crippen molar-refractivity contribution in [2.75, 3.05) is 0 Å². The van der Waals surface area contributed by atoms with Crippen LogP contribution < -0.4 is 10.5 Å². The van der Waals surface area contributed by atoms with Crippen LogP contribution in [0.2, 0.25) is 0 Å². The maximum absolute atomic E-state index is 12.1. The van der Waals surface area contributed by atoms with E-state index in [0.29, 0.717) is 0 Å². The third-order valence-corrected chi connectivity index (χ3v) is 3.97. The number of primary amides is 1. The maximum Gasteiger partial charge on any atom is 0.241 e. The van der Waals surface area contributed by atoms with Gasteiger partial charge < -0.3 is 5.73 Å². The summed E-state index contributed by atoms with van der Waals surface area (Å²) in [5.74, 6) is -1.01. The molecule has 1 amide bonds. The molecular formula is C12H15N3O3S. The van der Waals surface area contributed by atoms with Gasteiger partial charge in [0.05, 0.1) is 16.5 Å². The smallest absolute Gasteiger partial charge is 0.241 e. The SMILES string of the molecule is CC(C)[C@H](NS(=O)(=O)c1cccc(C#N)c1)C(N)=O. The van der Waals surface area contributed by atoms with Crippen molar-refractivity contribution >= 4 is 15.9 Å². The first-order valence-electron chi connectivity index (χ1n) is 5.59. The second-order valence-corrected chi connectivity index (χ2v) is 6.10. The number of amides is 1. The van der Waals surface area contributed by atoms with Gasteiger partial charge >= 0.3 is 0 Å². The van der Waals surface area contributed by atoms with Crippen molar-refractivity contribution in [1.82, 2.24) is 4.72 Å². The van der Waals surface area contributed by atoms with Crippen LogP contribution in [0.4, 0.5) is 0 Å². The second kappa shape index (κ2) is 5.82. The zero-order valence-electron chi connectivity index (χ0n) is 10.6. The van der Waals surface area contributed by atoms with Gasteiger partial charge in [-0.05, 0) is 24.1 Å². The third-order valence-electron chi connectivity index (χ3n) is 2.53. The lowest BCUT2D eigenvalue weighted by atomic mass is 10.1. The fourth-order valence-corrected chi connectivity index (χ4v) is 2.89. The van der Waals surface area contributed by atoms with Crippen molar-refractivity contribution in [3.05, 3.63) is 29.8 Å². The Hall–Kier alpha value is -1.91. The molecule has 1 aromatic carbocycles. The second-order valence-electron chi connectivity index (χ2n) is 4.38. The van der Waals surface area contributed by atoms with E-state index in [0.717, 1.165) is 0 Å². The summed E-state index contributed by atoms with van der Waals surface area (Å²) >= 11 is 0. The Bertz CT molecular complexity index is 617. The zero-order chi connectivity index (χ0) is 14.6. The number of nitrogens with zero attached hydrogens (tertiary/aromatic N) is 1. The fourth-order valence-electron chi connectivity index (χ4n) is 1.49. The van der Waals surface area contributed by atoms with E-state index in [1.807, 2.05) is 6.07 Å². The first-order valence-corrected chi connectivity index (χ1v) is 7.08. The molecule has 0 saturated heterocycles. The molecule has 0 aliphatic heterocycles. The van der Waals surface area contributed by atoms with Crippen molar-refractivity contribution in [3.63, 3.8) is 0 Å². The van der Waals surface area contributed by atoms with Crippen molar-refractivity contribution in [1.29, 1.82) is 5.26 Å². The predicted molar refractivity (Wildman–Crippen MR) is 69.3 cm³/mol. The van der Waals surface area contributed by atoms with Gasteiger partial charge in [-0.2, -0.15) is 9.98 Å². The number of benzene rings is 1. The molecule has 102 valence electrons. The highest BCUT2D eigenvalue weighted by Gasteiger charge is 2.26. The van der Waals surface area contributed by atoms with E-state index < -0.39 is 22.0 Å². The van der Waals surface area contributed by atoms with Crippen LogP contribution in [0.1, 0.15) is 19.4 Å². The molecule has 19 heavy (non-hydrogen) atoms. The van der Waals surface area contributed by atoms with Gasteiger partial charge in [0, 0.05) is 0 Å². The van der Waals surface area contributed by atoms with Crippen LogP contribution in [0.15, 0.2) is 29.2 Å². The molecule has 0 spiro atoms. The van der Waals surface area contributed by atoms with Gasteiger partial charge in [0.25, 0.3) is 0 Å². The Morgan fingerprint density at radius 1 is 1.42 bits per heavy atom. The summed E-state index contributed by atoms with van der Waals surface area (Å²) in [5, 5.41) is 8.75.